The third-order valence-corrected chi connectivity index (χ3v) is 13.3. The minimum Gasteiger partial charge on any atom is -0.466 e. The van der Waals surface area contributed by atoms with Gasteiger partial charge in [0, 0.05) is 46.1 Å². The van der Waals surface area contributed by atoms with Crippen LogP contribution in [0.5, 0.6) is 0 Å². The van der Waals surface area contributed by atoms with Gasteiger partial charge in [0.1, 0.15) is 19.3 Å². The first-order chi connectivity index (χ1) is 37.3. The van der Waals surface area contributed by atoms with Gasteiger partial charge in [-0.3, -0.25) is 24.0 Å². The molecule has 0 heterocycles. The fourth-order valence-electron chi connectivity index (χ4n) is 8.66. The lowest BCUT2D eigenvalue weighted by Crippen LogP contribution is -2.33. The third-order valence-electron chi connectivity index (χ3n) is 13.3. The van der Waals surface area contributed by atoms with Crippen LogP contribution in [0.1, 0.15) is 239 Å². The van der Waals surface area contributed by atoms with Crippen molar-refractivity contribution >= 4 is 29.8 Å². The smallest absolute Gasteiger partial charge is 0.320 e. The van der Waals surface area contributed by atoms with Gasteiger partial charge in [-0.15, -0.1) is 0 Å². The lowest BCUT2D eigenvalue weighted by atomic mass is 10.0. The molecule has 0 aliphatic heterocycles. The van der Waals surface area contributed by atoms with Crippen LogP contribution in [0.15, 0.2) is 0 Å². The summed E-state index contributed by atoms with van der Waals surface area (Å²) in [6.07, 6.45) is 36.2. The monoisotopic (exact) mass is 1090 g/mol. The second kappa shape index (κ2) is 59.8. The summed E-state index contributed by atoms with van der Waals surface area (Å²) in [5.41, 5.74) is 0. The minimum atomic E-state index is -0.426. The van der Waals surface area contributed by atoms with Gasteiger partial charge in [-0.25, -0.2) is 0 Å². The molecule has 0 unspecified atom stereocenters. The molecule has 0 saturated heterocycles. The Kier molecular flexibility index (Phi) is 57.5. The molecule has 448 valence electrons. The Hall–Kier alpha value is -2.89. The van der Waals surface area contributed by atoms with Crippen molar-refractivity contribution in [2.24, 2.45) is 0 Å². The lowest BCUT2D eigenvalue weighted by molar-refractivity contribution is -0.150. The Balaban J connectivity index is 4.55. The lowest BCUT2D eigenvalue weighted by Gasteiger charge is -2.23. The molecule has 16 heteroatoms. The highest BCUT2D eigenvalue weighted by Crippen LogP contribution is 2.19. The zero-order chi connectivity index (χ0) is 55.5. The van der Waals surface area contributed by atoms with E-state index in [0.29, 0.717) is 91.7 Å². The Labute approximate surface area is 463 Å². The number of hydrogen-bond acceptors (Lipinski definition) is 15. The molecule has 0 aromatic heterocycles. The van der Waals surface area contributed by atoms with Gasteiger partial charge in [0.2, 0.25) is 5.91 Å². The fraction of sp³-hybridized carbons (Fsp3) is 0.917. The molecule has 2 N–H and O–H groups in total. The van der Waals surface area contributed by atoms with Crippen molar-refractivity contribution in [3.05, 3.63) is 0 Å². The van der Waals surface area contributed by atoms with Crippen LogP contribution in [-0.2, 0) is 61.9 Å². The summed E-state index contributed by atoms with van der Waals surface area (Å²) in [5, 5.41) is 5.78. The molecule has 0 bridgehead atoms. The summed E-state index contributed by atoms with van der Waals surface area (Å²) in [6, 6.07) is 0. The van der Waals surface area contributed by atoms with Gasteiger partial charge < -0.3 is 53.4 Å². The maximum Gasteiger partial charge on any atom is 0.320 e. The van der Waals surface area contributed by atoms with Crippen LogP contribution in [0.3, 0.4) is 0 Å². The summed E-state index contributed by atoms with van der Waals surface area (Å²) >= 11 is 0. The molecular formula is C60H115N3O13. The third kappa shape index (κ3) is 54.5. The van der Waals surface area contributed by atoms with Crippen molar-refractivity contribution in [1.29, 1.82) is 0 Å². The van der Waals surface area contributed by atoms with Crippen LogP contribution in [-0.4, -0.2) is 153 Å². The molecule has 1 amide bonds. The van der Waals surface area contributed by atoms with E-state index in [1.807, 2.05) is 4.90 Å². The normalized spacial score (nSPS) is 11.3. The first-order valence-electron chi connectivity index (χ1n) is 30.8. The predicted octanol–water partition coefficient (Wildman–Crippen LogP) is 11.6. The summed E-state index contributed by atoms with van der Waals surface area (Å²) in [6.45, 7) is 12.4. The van der Waals surface area contributed by atoms with Gasteiger partial charge in [-0.2, -0.15) is 0 Å². The number of carbonyl (C=O) groups is 5. The molecular weight excluding hydrogens is 971 g/mol. The van der Waals surface area contributed by atoms with Crippen LogP contribution < -0.4 is 10.6 Å². The van der Waals surface area contributed by atoms with Crippen molar-refractivity contribution in [2.45, 2.75) is 245 Å². The van der Waals surface area contributed by atoms with Gasteiger partial charge in [-0.05, 0) is 57.8 Å². The second-order valence-corrected chi connectivity index (χ2v) is 20.4. The Morgan fingerprint density at radius 3 is 1.28 bits per heavy atom. The molecule has 0 spiro atoms. The number of nitrogens with zero attached hydrogens (tertiary/aromatic N) is 1. The molecule has 0 aliphatic rings. The van der Waals surface area contributed by atoms with Gasteiger partial charge in [0.15, 0.2) is 0 Å². The SMILES string of the molecule is CCCCCCCCCOC(=O)CCCCCCCN(CCCCCCCC(=O)OC(CCCCCCCC)CCCCCCCC)C(=O)CCOCCOCCOCCOC(=O)CNCCOC(=O)CNCCOC. The fourth-order valence-corrected chi connectivity index (χ4v) is 8.66. The van der Waals surface area contributed by atoms with Crippen LogP contribution in [0.25, 0.3) is 0 Å². The minimum absolute atomic E-state index is 0.00144. The maximum absolute atomic E-state index is 13.4. The number of nitrogens with one attached hydrogen (secondary N) is 2. The number of carbonyl (C=O) groups excluding carboxylic acids is 5. The van der Waals surface area contributed by atoms with Crippen LogP contribution in [0.2, 0.25) is 0 Å². The van der Waals surface area contributed by atoms with Crippen molar-refractivity contribution in [1.82, 2.24) is 15.5 Å². The highest BCUT2D eigenvalue weighted by molar-refractivity contribution is 5.76. The van der Waals surface area contributed by atoms with E-state index in [1.165, 1.54) is 96.3 Å². The van der Waals surface area contributed by atoms with Crippen LogP contribution >= 0.6 is 0 Å². The van der Waals surface area contributed by atoms with Crippen molar-refractivity contribution in [2.75, 3.05) is 112 Å². The van der Waals surface area contributed by atoms with Crippen LogP contribution in [0, 0.1) is 0 Å². The maximum atomic E-state index is 13.4. The predicted molar refractivity (Wildman–Crippen MR) is 303 cm³/mol. The van der Waals surface area contributed by atoms with E-state index in [9.17, 15) is 24.0 Å². The molecule has 0 aromatic rings. The van der Waals surface area contributed by atoms with Crippen molar-refractivity contribution in [3.8, 4) is 0 Å². The van der Waals surface area contributed by atoms with Crippen LogP contribution in [0.4, 0.5) is 0 Å². The average molecular weight is 1090 g/mol. The quantitative estimate of drug-likeness (QED) is 0.0332. The number of amides is 1. The summed E-state index contributed by atoms with van der Waals surface area (Å²) in [7, 11) is 1.59. The molecule has 0 radical (unpaired) electrons. The van der Waals surface area contributed by atoms with E-state index in [0.717, 1.165) is 103 Å². The van der Waals surface area contributed by atoms with Gasteiger partial charge in [0.05, 0.1) is 72.4 Å². The first kappa shape index (κ1) is 73.1. The summed E-state index contributed by atoms with van der Waals surface area (Å²) in [4.78, 5) is 64.1. The Bertz CT molecular complexity index is 1300. The van der Waals surface area contributed by atoms with Gasteiger partial charge >= 0.3 is 23.9 Å². The number of ether oxygens (including phenoxy) is 8. The Morgan fingerprint density at radius 1 is 0.368 bits per heavy atom. The number of unbranched alkanes of at least 4 members (excludes halogenated alkanes) is 24. The van der Waals surface area contributed by atoms with Crippen molar-refractivity contribution in [3.63, 3.8) is 0 Å². The molecule has 76 heavy (non-hydrogen) atoms. The molecule has 0 fully saturated rings. The number of esters is 4. The molecule has 16 nitrogen and oxygen atoms in total. The first-order valence-corrected chi connectivity index (χ1v) is 30.8. The summed E-state index contributed by atoms with van der Waals surface area (Å²) < 4.78 is 43.5. The number of rotatable bonds is 61. The van der Waals surface area contributed by atoms with Crippen molar-refractivity contribution < 1.29 is 61.9 Å². The van der Waals surface area contributed by atoms with E-state index in [-0.39, 0.29) is 62.8 Å². The molecule has 0 aliphatic carbocycles. The largest absolute Gasteiger partial charge is 0.466 e. The number of methoxy groups -OCH3 is 1. The standard InChI is InChI=1S/C60H115N3O13/c1-5-8-11-14-17-26-33-43-73-57(65)36-29-22-18-24-31-41-63(42-32-25-19-23-30-37-58(66)76-55(34-27-20-15-12-9-6-2)35-28-21-16-13-10-7-3)56(64)38-44-70-47-48-71-49-50-72-51-52-75-60(68)54-62-40-46-74-59(67)53-61-39-45-69-4/h55,61-62H,5-54H2,1-4H3. The molecule has 0 rings (SSSR count). The highest BCUT2D eigenvalue weighted by Gasteiger charge is 2.16. The van der Waals surface area contributed by atoms with Gasteiger partial charge in [-0.1, -0.05) is 162 Å². The van der Waals surface area contributed by atoms with E-state index < -0.39 is 5.97 Å². The second-order valence-electron chi connectivity index (χ2n) is 20.4. The Morgan fingerprint density at radius 2 is 0.763 bits per heavy atom. The zero-order valence-corrected chi connectivity index (χ0v) is 49.2. The van der Waals surface area contributed by atoms with E-state index in [2.05, 4.69) is 31.4 Å². The van der Waals surface area contributed by atoms with E-state index in [1.54, 1.807) is 7.11 Å². The zero-order valence-electron chi connectivity index (χ0n) is 49.2. The number of hydrogen-bond donors (Lipinski definition) is 2. The topological polar surface area (TPSA) is 186 Å². The van der Waals surface area contributed by atoms with Gasteiger partial charge in [0.25, 0.3) is 0 Å². The molecule has 0 atom stereocenters. The van der Waals surface area contributed by atoms with E-state index in [4.69, 9.17) is 37.9 Å². The van der Waals surface area contributed by atoms with E-state index >= 15 is 0 Å². The molecule has 0 saturated carbocycles. The highest BCUT2D eigenvalue weighted by atomic mass is 16.6. The molecule has 0 aromatic carbocycles. The summed E-state index contributed by atoms with van der Waals surface area (Å²) in [5.74, 6) is -0.839. The average Bonchev–Trinajstić information content (AvgIpc) is 3.41.